The van der Waals surface area contributed by atoms with E-state index in [2.05, 4.69) is 61.9 Å². The maximum atomic E-state index is 4.70. The molecule has 0 N–H and O–H groups in total. The maximum Gasteiger partial charge on any atom is 0.0731 e. The Bertz CT molecular complexity index is 821. The quantitative estimate of drug-likeness (QED) is 0.270. The highest BCUT2D eigenvalue weighted by atomic mass is 15.5. The minimum atomic E-state index is 0.855. The highest BCUT2D eigenvalue weighted by molar-refractivity contribution is 5.74. The molecule has 3 nitrogen and oxygen atoms in total. The second kappa shape index (κ2) is 11.7. The number of aromatic nitrogens is 1. The first-order chi connectivity index (χ1) is 13.7. The fraction of sp³-hybridized carbons (Fsp3) is 0.280. The number of pyridine rings is 1. The van der Waals surface area contributed by atoms with Gasteiger partial charge in [-0.05, 0) is 61.6 Å². The highest BCUT2D eigenvalue weighted by Gasteiger charge is 2.19. The fourth-order valence-electron chi connectivity index (χ4n) is 2.80. The fourth-order valence-corrected chi connectivity index (χ4v) is 2.80. The van der Waals surface area contributed by atoms with Crippen molar-refractivity contribution in [1.29, 1.82) is 0 Å². The van der Waals surface area contributed by atoms with Crippen LogP contribution in [0, 0.1) is 0 Å². The summed E-state index contributed by atoms with van der Waals surface area (Å²) in [5.41, 5.74) is 5.21. The predicted octanol–water partition coefficient (Wildman–Crippen LogP) is 6.82. The van der Waals surface area contributed by atoms with E-state index in [1.54, 1.807) is 0 Å². The Balaban J connectivity index is 2.47. The van der Waals surface area contributed by atoms with Gasteiger partial charge in [-0.15, -0.1) is 0 Å². The van der Waals surface area contributed by atoms with Gasteiger partial charge in [0, 0.05) is 24.2 Å². The summed E-state index contributed by atoms with van der Waals surface area (Å²) in [5, 5.41) is 6.62. The molecule has 0 unspecified atom stereocenters. The zero-order chi connectivity index (χ0) is 20.2. The van der Waals surface area contributed by atoms with Crippen molar-refractivity contribution in [2.45, 2.75) is 46.5 Å². The van der Waals surface area contributed by atoms with E-state index in [4.69, 9.17) is 5.10 Å². The average Bonchev–Trinajstić information content (AvgIpc) is 2.72. The molecule has 0 saturated carbocycles. The van der Waals surface area contributed by atoms with Gasteiger partial charge in [0.2, 0.25) is 0 Å². The molecule has 0 fully saturated rings. The standard InChI is InChI=1S/C25H31N3/c1-5-8-11-16-27-28-21(4)19-24(22(12-9-6-2)13-10-7-3)20-25(28)23-14-17-26-18-15-23/h6,9-10,12-20H,4-5,7-8,11H2,1-3H3/b9-6-,13-10+,22-12+,27-16-. The third kappa shape index (κ3) is 6.05. The highest BCUT2D eigenvalue weighted by Crippen LogP contribution is 2.33. The molecule has 28 heavy (non-hydrogen) atoms. The van der Waals surface area contributed by atoms with Gasteiger partial charge in [0.1, 0.15) is 0 Å². The van der Waals surface area contributed by atoms with E-state index in [0.29, 0.717) is 0 Å². The minimum absolute atomic E-state index is 0.855. The maximum absolute atomic E-state index is 4.70. The van der Waals surface area contributed by atoms with Gasteiger partial charge in [0.05, 0.1) is 11.4 Å². The van der Waals surface area contributed by atoms with Gasteiger partial charge in [-0.1, -0.05) is 57.2 Å². The molecule has 0 aromatic carbocycles. The van der Waals surface area contributed by atoms with Crippen LogP contribution in [0.1, 0.15) is 52.0 Å². The predicted molar refractivity (Wildman–Crippen MR) is 122 cm³/mol. The first-order valence-corrected chi connectivity index (χ1v) is 10.1. The summed E-state index contributed by atoms with van der Waals surface area (Å²) in [6.45, 7) is 10.6. The van der Waals surface area contributed by atoms with Crippen molar-refractivity contribution in [1.82, 2.24) is 9.99 Å². The van der Waals surface area contributed by atoms with Gasteiger partial charge in [0.25, 0.3) is 0 Å². The van der Waals surface area contributed by atoms with Crippen LogP contribution in [0.5, 0.6) is 0 Å². The summed E-state index contributed by atoms with van der Waals surface area (Å²) < 4.78 is 0. The number of hydrazone groups is 1. The molecule has 0 saturated heterocycles. The molecule has 0 aliphatic carbocycles. The summed E-state index contributed by atoms with van der Waals surface area (Å²) in [4.78, 5) is 4.15. The summed E-state index contributed by atoms with van der Waals surface area (Å²) in [6, 6.07) is 4.02. The van der Waals surface area contributed by atoms with Crippen molar-refractivity contribution in [2.24, 2.45) is 5.10 Å². The van der Waals surface area contributed by atoms with Crippen LogP contribution in [0.3, 0.4) is 0 Å². The molecular weight excluding hydrogens is 342 g/mol. The molecule has 146 valence electrons. The lowest BCUT2D eigenvalue weighted by Crippen LogP contribution is -2.18. The molecule has 1 aromatic rings. The van der Waals surface area contributed by atoms with E-state index >= 15 is 0 Å². The van der Waals surface area contributed by atoms with Crippen molar-refractivity contribution in [3.05, 3.63) is 96.0 Å². The van der Waals surface area contributed by atoms with Gasteiger partial charge in [-0.25, -0.2) is 5.01 Å². The summed E-state index contributed by atoms with van der Waals surface area (Å²) >= 11 is 0. The van der Waals surface area contributed by atoms with Crippen LogP contribution in [0.2, 0.25) is 0 Å². The normalized spacial score (nSPS) is 15.8. The number of hydrogen-bond acceptors (Lipinski definition) is 3. The molecule has 0 radical (unpaired) electrons. The SMILES string of the molecule is C=C1C=C(C(/C=C/CC)=C/C=C\C)C=C(c2ccncc2)N1/N=C\CCCC. The average molecular weight is 374 g/mol. The lowest BCUT2D eigenvalue weighted by molar-refractivity contribution is 0.537. The first-order valence-electron chi connectivity index (χ1n) is 10.1. The number of allylic oxidation sites excluding steroid dienone is 9. The number of nitrogens with zero attached hydrogens (tertiary/aromatic N) is 3. The van der Waals surface area contributed by atoms with Crippen LogP contribution in [0.15, 0.2) is 95.6 Å². The van der Waals surface area contributed by atoms with Crippen molar-refractivity contribution in [2.75, 3.05) is 0 Å². The van der Waals surface area contributed by atoms with E-state index in [-0.39, 0.29) is 0 Å². The van der Waals surface area contributed by atoms with Crippen molar-refractivity contribution >= 4 is 11.9 Å². The molecule has 1 aromatic heterocycles. The van der Waals surface area contributed by atoms with Crippen molar-refractivity contribution in [3.8, 4) is 0 Å². The molecule has 1 aliphatic heterocycles. The van der Waals surface area contributed by atoms with Crippen LogP contribution in [0.4, 0.5) is 0 Å². The Morgan fingerprint density at radius 2 is 2.00 bits per heavy atom. The Labute approximate surface area is 169 Å². The number of hydrogen-bond donors (Lipinski definition) is 0. The van der Waals surface area contributed by atoms with Crippen LogP contribution in [-0.4, -0.2) is 16.2 Å². The topological polar surface area (TPSA) is 28.5 Å². The third-order valence-electron chi connectivity index (χ3n) is 4.31. The zero-order valence-electron chi connectivity index (χ0n) is 17.3. The van der Waals surface area contributed by atoms with Gasteiger partial charge < -0.3 is 0 Å². The Kier molecular flexibility index (Phi) is 8.93. The summed E-state index contributed by atoms with van der Waals surface area (Å²) in [5.74, 6) is 0. The van der Waals surface area contributed by atoms with E-state index in [1.165, 1.54) is 0 Å². The van der Waals surface area contributed by atoms with Crippen molar-refractivity contribution < 1.29 is 0 Å². The minimum Gasteiger partial charge on any atom is -0.265 e. The second-order valence-corrected chi connectivity index (χ2v) is 6.57. The van der Waals surface area contributed by atoms with Gasteiger partial charge in [-0.2, -0.15) is 5.10 Å². The monoisotopic (exact) mass is 373 g/mol. The van der Waals surface area contributed by atoms with Gasteiger partial charge in [-0.3, -0.25) is 4.98 Å². The molecule has 0 atom stereocenters. The lowest BCUT2D eigenvalue weighted by Gasteiger charge is -2.27. The van der Waals surface area contributed by atoms with E-state index in [1.807, 2.05) is 48.7 Å². The molecule has 0 spiro atoms. The van der Waals surface area contributed by atoms with Crippen LogP contribution in [-0.2, 0) is 0 Å². The molecule has 3 heteroatoms. The number of rotatable bonds is 9. The molecule has 0 bridgehead atoms. The van der Waals surface area contributed by atoms with Crippen molar-refractivity contribution in [3.63, 3.8) is 0 Å². The van der Waals surface area contributed by atoms with Gasteiger partial charge >= 0.3 is 0 Å². The van der Waals surface area contributed by atoms with Crippen LogP contribution >= 0.6 is 0 Å². The van der Waals surface area contributed by atoms with Crippen LogP contribution in [0.25, 0.3) is 5.70 Å². The molecule has 2 rings (SSSR count). The van der Waals surface area contributed by atoms with E-state index < -0.39 is 0 Å². The first kappa shape index (κ1) is 21.4. The molecular formula is C25H31N3. The summed E-state index contributed by atoms with van der Waals surface area (Å²) in [7, 11) is 0. The van der Waals surface area contributed by atoms with Crippen LogP contribution < -0.4 is 0 Å². The Hall–Kier alpha value is -2.94. The molecule has 0 amide bonds. The van der Waals surface area contributed by atoms with E-state index in [9.17, 15) is 0 Å². The number of unbranched alkanes of at least 4 members (excludes halogenated alkanes) is 2. The van der Waals surface area contributed by atoms with Gasteiger partial charge in [0.15, 0.2) is 0 Å². The second-order valence-electron chi connectivity index (χ2n) is 6.57. The Morgan fingerprint density at radius 1 is 1.21 bits per heavy atom. The lowest BCUT2D eigenvalue weighted by atomic mass is 9.97. The Morgan fingerprint density at radius 3 is 2.68 bits per heavy atom. The largest absolute Gasteiger partial charge is 0.265 e. The third-order valence-corrected chi connectivity index (χ3v) is 4.31. The molecule has 1 aliphatic rings. The molecule has 2 heterocycles. The smallest absolute Gasteiger partial charge is 0.0731 e. The zero-order valence-corrected chi connectivity index (χ0v) is 17.3. The summed E-state index contributed by atoms with van der Waals surface area (Å²) in [6.07, 6.45) is 24.7. The van der Waals surface area contributed by atoms with E-state index in [0.717, 1.165) is 53.8 Å².